The zero-order valence-corrected chi connectivity index (χ0v) is 12.8. The Bertz CT molecular complexity index is 495. The normalized spacial score (nSPS) is 12.3. The highest BCUT2D eigenvalue weighted by atomic mass is 16.6. The number of carbonyl (C=O) groups is 1. The van der Waals surface area contributed by atoms with E-state index in [2.05, 4.69) is 29.4 Å². The Morgan fingerprint density at radius 2 is 2.05 bits per heavy atom. The molecule has 0 radical (unpaired) electrons. The second-order valence-corrected chi connectivity index (χ2v) is 5.42. The van der Waals surface area contributed by atoms with Crippen LogP contribution in [0.5, 0.6) is 0 Å². The van der Waals surface area contributed by atoms with Gasteiger partial charge in [-0.25, -0.2) is 4.79 Å². The van der Waals surface area contributed by atoms with E-state index in [9.17, 15) is 14.9 Å². The molecule has 1 aromatic rings. The Morgan fingerprint density at radius 1 is 1.38 bits per heavy atom. The molecule has 1 rings (SSSR count). The lowest BCUT2D eigenvalue weighted by atomic mass is 10.0. The number of urea groups is 1. The number of likely N-dealkylation sites (N-methyl/N-ethyl adjacent to an activating group) is 1. The van der Waals surface area contributed by atoms with Crippen LogP contribution in [-0.2, 0) is 0 Å². The van der Waals surface area contributed by atoms with Gasteiger partial charge in [0.25, 0.3) is 5.69 Å². The van der Waals surface area contributed by atoms with Crippen LogP contribution in [0.25, 0.3) is 0 Å². The molecular weight excluding hydrogens is 272 g/mol. The van der Waals surface area contributed by atoms with Crippen LogP contribution in [0.1, 0.15) is 13.8 Å². The smallest absolute Gasteiger partial charge is 0.319 e. The molecule has 2 amide bonds. The van der Waals surface area contributed by atoms with E-state index < -0.39 is 4.92 Å². The molecule has 0 saturated heterocycles. The second kappa shape index (κ2) is 7.58. The first-order chi connectivity index (χ1) is 9.81. The van der Waals surface area contributed by atoms with Crippen molar-refractivity contribution in [3.8, 4) is 0 Å². The first kappa shape index (κ1) is 16.9. The lowest BCUT2D eigenvalue weighted by Gasteiger charge is -2.28. The number of benzene rings is 1. The van der Waals surface area contributed by atoms with Gasteiger partial charge < -0.3 is 15.5 Å². The quantitative estimate of drug-likeness (QED) is 0.622. The van der Waals surface area contributed by atoms with Crippen molar-refractivity contribution in [2.75, 3.05) is 26.0 Å². The highest BCUT2D eigenvalue weighted by molar-refractivity contribution is 5.89. The third kappa shape index (κ3) is 5.39. The molecule has 2 N–H and O–H groups in total. The van der Waals surface area contributed by atoms with Gasteiger partial charge in [-0.3, -0.25) is 10.1 Å². The monoisotopic (exact) mass is 294 g/mol. The largest absolute Gasteiger partial charge is 0.336 e. The Balaban J connectivity index is 2.58. The van der Waals surface area contributed by atoms with E-state index in [0.717, 1.165) is 0 Å². The summed E-state index contributed by atoms with van der Waals surface area (Å²) in [6.07, 6.45) is 0. The number of nitrogens with zero attached hydrogens (tertiary/aromatic N) is 2. The number of non-ortho nitro benzene ring substituents is 1. The van der Waals surface area contributed by atoms with Crippen LogP contribution in [0, 0.1) is 16.0 Å². The molecule has 21 heavy (non-hydrogen) atoms. The zero-order valence-electron chi connectivity index (χ0n) is 12.8. The molecule has 0 saturated carbocycles. The molecular formula is C14H22N4O3. The summed E-state index contributed by atoms with van der Waals surface area (Å²) in [7, 11) is 3.93. The summed E-state index contributed by atoms with van der Waals surface area (Å²) in [6, 6.07) is 5.70. The number of nitro groups is 1. The van der Waals surface area contributed by atoms with E-state index in [4.69, 9.17) is 0 Å². The molecule has 0 bridgehead atoms. The van der Waals surface area contributed by atoms with Crippen LogP contribution in [0.15, 0.2) is 24.3 Å². The highest BCUT2D eigenvalue weighted by Crippen LogP contribution is 2.16. The number of rotatable bonds is 6. The fourth-order valence-corrected chi connectivity index (χ4v) is 2.08. The molecule has 0 aliphatic carbocycles. The average Bonchev–Trinajstić information content (AvgIpc) is 2.38. The number of hydrogen-bond acceptors (Lipinski definition) is 4. The molecule has 116 valence electrons. The maximum Gasteiger partial charge on any atom is 0.319 e. The van der Waals surface area contributed by atoms with Gasteiger partial charge in [-0.15, -0.1) is 0 Å². The number of carbonyl (C=O) groups excluding carboxylic acids is 1. The van der Waals surface area contributed by atoms with Crippen LogP contribution in [0.3, 0.4) is 0 Å². The van der Waals surface area contributed by atoms with Crippen LogP contribution < -0.4 is 10.6 Å². The molecule has 1 aromatic carbocycles. The van der Waals surface area contributed by atoms with Crippen molar-refractivity contribution in [3.63, 3.8) is 0 Å². The van der Waals surface area contributed by atoms with Crippen LogP contribution in [-0.4, -0.2) is 42.5 Å². The Hall–Kier alpha value is -2.15. The van der Waals surface area contributed by atoms with Crippen LogP contribution in [0.2, 0.25) is 0 Å². The van der Waals surface area contributed by atoms with E-state index in [1.807, 2.05) is 14.1 Å². The molecule has 7 nitrogen and oxygen atoms in total. The SMILES string of the molecule is CC(C)C(CNC(=O)Nc1cccc([N+](=O)[O-])c1)N(C)C. The number of anilines is 1. The summed E-state index contributed by atoms with van der Waals surface area (Å²) in [4.78, 5) is 24.1. The summed E-state index contributed by atoms with van der Waals surface area (Å²) in [6.45, 7) is 4.68. The van der Waals surface area contributed by atoms with Gasteiger partial charge in [0.1, 0.15) is 0 Å². The van der Waals surface area contributed by atoms with Crippen molar-refractivity contribution in [2.45, 2.75) is 19.9 Å². The van der Waals surface area contributed by atoms with E-state index >= 15 is 0 Å². The van der Waals surface area contributed by atoms with Crippen molar-refractivity contribution in [2.24, 2.45) is 5.92 Å². The van der Waals surface area contributed by atoms with Crippen LogP contribution in [0.4, 0.5) is 16.2 Å². The zero-order chi connectivity index (χ0) is 16.0. The number of hydrogen-bond donors (Lipinski definition) is 2. The molecule has 0 heterocycles. The summed E-state index contributed by atoms with van der Waals surface area (Å²) < 4.78 is 0. The van der Waals surface area contributed by atoms with Crippen molar-refractivity contribution in [1.29, 1.82) is 0 Å². The third-order valence-electron chi connectivity index (χ3n) is 3.22. The Labute approximate surface area is 124 Å². The van der Waals surface area contributed by atoms with Gasteiger partial charge in [0.15, 0.2) is 0 Å². The fraction of sp³-hybridized carbons (Fsp3) is 0.500. The standard InChI is InChI=1S/C14H22N4O3/c1-10(2)13(17(3)4)9-15-14(19)16-11-6-5-7-12(8-11)18(20)21/h5-8,10,13H,9H2,1-4H3,(H2,15,16,19). The van der Waals surface area contributed by atoms with Gasteiger partial charge >= 0.3 is 6.03 Å². The van der Waals surface area contributed by atoms with Gasteiger partial charge in [-0.05, 0) is 26.1 Å². The van der Waals surface area contributed by atoms with E-state index in [1.54, 1.807) is 6.07 Å². The number of nitrogens with one attached hydrogen (secondary N) is 2. The second-order valence-electron chi connectivity index (χ2n) is 5.42. The van der Waals surface area contributed by atoms with Crippen molar-refractivity contribution >= 4 is 17.4 Å². The third-order valence-corrected chi connectivity index (χ3v) is 3.22. The highest BCUT2D eigenvalue weighted by Gasteiger charge is 2.16. The topological polar surface area (TPSA) is 87.5 Å². The number of amides is 2. The molecule has 1 unspecified atom stereocenters. The summed E-state index contributed by atoms with van der Waals surface area (Å²) in [5.41, 5.74) is 0.341. The predicted octanol–water partition coefficient (Wildman–Crippen LogP) is 2.30. The maximum absolute atomic E-state index is 11.8. The lowest BCUT2D eigenvalue weighted by molar-refractivity contribution is -0.384. The molecule has 7 heteroatoms. The Morgan fingerprint density at radius 3 is 2.57 bits per heavy atom. The van der Waals surface area contributed by atoms with E-state index in [1.165, 1.54) is 18.2 Å². The molecule has 0 aliphatic heterocycles. The van der Waals surface area contributed by atoms with Gasteiger partial charge in [0.2, 0.25) is 0 Å². The molecule has 0 spiro atoms. The summed E-state index contributed by atoms with van der Waals surface area (Å²) in [5.74, 6) is 0.401. The van der Waals surface area contributed by atoms with E-state index in [-0.39, 0.29) is 17.8 Å². The summed E-state index contributed by atoms with van der Waals surface area (Å²) >= 11 is 0. The Kier molecular flexibility index (Phi) is 6.10. The van der Waals surface area contributed by atoms with Gasteiger partial charge in [0, 0.05) is 30.4 Å². The molecule has 1 atom stereocenters. The van der Waals surface area contributed by atoms with Crippen molar-refractivity contribution in [3.05, 3.63) is 34.4 Å². The maximum atomic E-state index is 11.8. The predicted molar refractivity (Wildman–Crippen MR) is 82.4 cm³/mol. The van der Waals surface area contributed by atoms with Gasteiger partial charge in [0.05, 0.1) is 4.92 Å². The first-order valence-electron chi connectivity index (χ1n) is 6.77. The van der Waals surface area contributed by atoms with Crippen LogP contribution >= 0.6 is 0 Å². The van der Waals surface area contributed by atoms with Gasteiger partial charge in [-0.1, -0.05) is 19.9 Å². The number of nitro benzene ring substituents is 1. The fourth-order valence-electron chi connectivity index (χ4n) is 2.08. The molecule has 0 fully saturated rings. The van der Waals surface area contributed by atoms with Gasteiger partial charge in [-0.2, -0.15) is 0 Å². The van der Waals surface area contributed by atoms with E-state index in [0.29, 0.717) is 18.2 Å². The molecule has 0 aliphatic rings. The minimum absolute atomic E-state index is 0.0545. The lowest BCUT2D eigenvalue weighted by Crippen LogP contribution is -2.44. The average molecular weight is 294 g/mol. The minimum Gasteiger partial charge on any atom is -0.336 e. The molecule has 0 aromatic heterocycles. The first-order valence-corrected chi connectivity index (χ1v) is 6.77. The van der Waals surface area contributed by atoms with Crippen molar-refractivity contribution < 1.29 is 9.72 Å². The van der Waals surface area contributed by atoms with Crippen molar-refractivity contribution in [1.82, 2.24) is 10.2 Å². The minimum atomic E-state index is -0.496. The summed E-state index contributed by atoms with van der Waals surface area (Å²) in [5, 5.41) is 16.1.